The molecule has 118 valence electrons. The largest absolute Gasteiger partial charge is 0.360 e. The van der Waals surface area contributed by atoms with Gasteiger partial charge < -0.3 is 9.84 Å². The smallest absolute Gasteiger partial charge is 0.246 e. The van der Waals surface area contributed by atoms with Crippen molar-refractivity contribution in [1.82, 2.24) is 9.88 Å². The minimum absolute atomic E-state index is 0.0493. The third-order valence-corrected chi connectivity index (χ3v) is 4.68. The number of rotatable bonds is 5. The molecule has 1 amide bonds. The number of hydrogen-bond acceptors (Lipinski definition) is 5. The van der Waals surface area contributed by atoms with E-state index in [4.69, 9.17) is 16.1 Å². The fourth-order valence-corrected chi connectivity index (χ4v) is 3.26. The van der Waals surface area contributed by atoms with Crippen LogP contribution in [0.5, 0.6) is 0 Å². The van der Waals surface area contributed by atoms with E-state index in [1.807, 2.05) is 0 Å². The number of aromatic nitrogens is 1. The molecule has 9 heteroatoms. The summed E-state index contributed by atoms with van der Waals surface area (Å²) in [6.07, 6.45) is 0. The van der Waals surface area contributed by atoms with Gasteiger partial charge >= 0.3 is 0 Å². The number of halogens is 1. The second-order valence-corrected chi connectivity index (χ2v) is 6.67. The first kappa shape index (κ1) is 16.5. The second kappa shape index (κ2) is 6.47. The lowest BCUT2D eigenvalue weighted by molar-refractivity contribution is -0.115. The zero-order valence-electron chi connectivity index (χ0n) is 11.9. The number of hydrogen-bond donors (Lipinski definition) is 2. The van der Waals surface area contributed by atoms with Gasteiger partial charge in [0.15, 0.2) is 5.76 Å². The summed E-state index contributed by atoms with van der Waals surface area (Å²) in [5.74, 6) is -0.333. The topological polar surface area (TPSA) is 101 Å². The second-order valence-electron chi connectivity index (χ2n) is 4.53. The maximum absolute atomic E-state index is 12.1. The van der Waals surface area contributed by atoms with Gasteiger partial charge in [0.1, 0.15) is 10.6 Å². The van der Waals surface area contributed by atoms with E-state index in [2.05, 4.69) is 15.2 Å². The van der Waals surface area contributed by atoms with Gasteiger partial charge in [-0.1, -0.05) is 16.8 Å². The molecule has 0 bridgehead atoms. The molecule has 0 radical (unpaired) electrons. The highest BCUT2D eigenvalue weighted by Gasteiger charge is 2.24. The van der Waals surface area contributed by atoms with E-state index in [0.29, 0.717) is 10.7 Å². The SMILES string of the molecule is Cc1noc(C)c1S(=O)(=O)NCC(=O)Nc1ccc(Cl)cc1. The van der Waals surface area contributed by atoms with E-state index >= 15 is 0 Å². The summed E-state index contributed by atoms with van der Waals surface area (Å²) in [5.41, 5.74) is 0.758. The van der Waals surface area contributed by atoms with Crippen LogP contribution < -0.4 is 10.0 Å². The molecular formula is C13H14ClN3O4S. The highest BCUT2D eigenvalue weighted by atomic mass is 35.5. The molecule has 0 fully saturated rings. The first-order valence-corrected chi connectivity index (χ1v) is 8.13. The number of sulfonamides is 1. The zero-order valence-corrected chi connectivity index (χ0v) is 13.5. The van der Waals surface area contributed by atoms with Gasteiger partial charge in [0.05, 0.1) is 6.54 Å². The van der Waals surface area contributed by atoms with Crippen molar-refractivity contribution in [3.8, 4) is 0 Å². The Morgan fingerprint density at radius 3 is 2.45 bits per heavy atom. The van der Waals surface area contributed by atoms with E-state index in [1.54, 1.807) is 24.3 Å². The highest BCUT2D eigenvalue weighted by molar-refractivity contribution is 7.89. The van der Waals surface area contributed by atoms with E-state index in [9.17, 15) is 13.2 Å². The molecule has 1 heterocycles. The molecule has 0 unspecified atom stereocenters. The van der Waals surface area contributed by atoms with Crippen molar-refractivity contribution in [1.29, 1.82) is 0 Å². The predicted octanol–water partition coefficient (Wildman–Crippen LogP) is 1.86. The Morgan fingerprint density at radius 1 is 1.27 bits per heavy atom. The lowest BCUT2D eigenvalue weighted by Gasteiger charge is -2.07. The standard InChI is InChI=1S/C13H14ClN3O4S/c1-8-13(9(2)21-17-8)22(19,20)15-7-12(18)16-11-5-3-10(14)4-6-11/h3-6,15H,7H2,1-2H3,(H,16,18). The van der Waals surface area contributed by atoms with Gasteiger partial charge in [-0.05, 0) is 38.1 Å². The summed E-state index contributed by atoms with van der Waals surface area (Å²) < 4.78 is 31.3. The minimum Gasteiger partial charge on any atom is -0.360 e. The summed E-state index contributed by atoms with van der Waals surface area (Å²) in [6.45, 7) is 2.59. The molecule has 2 aromatic rings. The lowest BCUT2D eigenvalue weighted by atomic mass is 10.3. The summed E-state index contributed by atoms with van der Waals surface area (Å²) in [4.78, 5) is 11.7. The number of carbonyl (C=O) groups excluding carboxylic acids is 1. The number of carbonyl (C=O) groups is 1. The molecule has 0 saturated carbocycles. The summed E-state index contributed by atoms with van der Waals surface area (Å²) in [6, 6.07) is 6.46. The summed E-state index contributed by atoms with van der Waals surface area (Å²) in [5, 5.41) is 6.67. The van der Waals surface area contributed by atoms with Crippen LogP contribution in [0.25, 0.3) is 0 Å². The van der Waals surface area contributed by atoms with Crippen molar-refractivity contribution in [2.24, 2.45) is 0 Å². The number of anilines is 1. The minimum atomic E-state index is -3.86. The van der Waals surface area contributed by atoms with Crippen molar-refractivity contribution in [2.45, 2.75) is 18.7 Å². The van der Waals surface area contributed by atoms with Crippen LogP contribution >= 0.6 is 11.6 Å². The van der Waals surface area contributed by atoms with Gasteiger partial charge in [-0.2, -0.15) is 0 Å². The van der Waals surface area contributed by atoms with E-state index in [0.717, 1.165) is 0 Å². The van der Waals surface area contributed by atoms with Crippen LogP contribution in [0.3, 0.4) is 0 Å². The lowest BCUT2D eigenvalue weighted by Crippen LogP contribution is -2.33. The van der Waals surface area contributed by atoms with Crippen LogP contribution in [0.1, 0.15) is 11.5 Å². The fourth-order valence-electron chi connectivity index (χ4n) is 1.83. The first-order chi connectivity index (χ1) is 10.3. The van der Waals surface area contributed by atoms with Crippen LogP contribution in [0.15, 0.2) is 33.7 Å². The molecule has 2 N–H and O–H groups in total. The molecule has 7 nitrogen and oxygen atoms in total. The maximum Gasteiger partial charge on any atom is 0.246 e. The average molecular weight is 344 g/mol. The van der Waals surface area contributed by atoms with Gasteiger partial charge in [-0.25, -0.2) is 13.1 Å². The van der Waals surface area contributed by atoms with Crippen LogP contribution in [0.2, 0.25) is 5.02 Å². The fraction of sp³-hybridized carbons (Fsp3) is 0.231. The number of nitrogens with zero attached hydrogens (tertiary/aromatic N) is 1. The quantitative estimate of drug-likeness (QED) is 0.862. The molecule has 0 aliphatic carbocycles. The number of benzene rings is 1. The highest BCUT2D eigenvalue weighted by Crippen LogP contribution is 2.18. The molecule has 0 aliphatic rings. The summed E-state index contributed by atoms with van der Waals surface area (Å²) >= 11 is 5.74. The van der Waals surface area contributed by atoms with Gasteiger partial charge in [-0.15, -0.1) is 0 Å². The third-order valence-electron chi connectivity index (χ3n) is 2.79. The van der Waals surface area contributed by atoms with Crippen LogP contribution in [-0.2, 0) is 14.8 Å². The molecule has 22 heavy (non-hydrogen) atoms. The Hall–Kier alpha value is -1.90. The van der Waals surface area contributed by atoms with Gasteiger partial charge in [0.25, 0.3) is 0 Å². The molecule has 0 atom stereocenters. The van der Waals surface area contributed by atoms with Crippen LogP contribution in [0, 0.1) is 13.8 Å². The molecule has 1 aromatic heterocycles. The average Bonchev–Trinajstić information content (AvgIpc) is 2.79. The van der Waals surface area contributed by atoms with Gasteiger partial charge in [0, 0.05) is 10.7 Å². The van der Waals surface area contributed by atoms with Crippen LogP contribution in [-0.4, -0.2) is 26.0 Å². The number of nitrogens with one attached hydrogen (secondary N) is 2. The monoisotopic (exact) mass is 343 g/mol. The molecule has 2 rings (SSSR count). The third kappa shape index (κ3) is 3.85. The van der Waals surface area contributed by atoms with Crippen molar-refractivity contribution in [3.63, 3.8) is 0 Å². The Kier molecular flexibility index (Phi) is 4.84. The van der Waals surface area contributed by atoms with E-state index < -0.39 is 22.5 Å². The van der Waals surface area contributed by atoms with Crippen molar-refractivity contribution in [3.05, 3.63) is 40.7 Å². The maximum atomic E-state index is 12.1. The summed E-state index contributed by atoms with van der Waals surface area (Å²) in [7, 11) is -3.86. The Balaban J connectivity index is 2.00. The first-order valence-electron chi connectivity index (χ1n) is 6.27. The normalized spacial score (nSPS) is 11.4. The Bertz CT molecular complexity index is 765. The van der Waals surface area contributed by atoms with Crippen molar-refractivity contribution in [2.75, 3.05) is 11.9 Å². The molecule has 1 aromatic carbocycles. The molecule has 0 spiro atoms. The van der Waals surface area contributed by atoms with E-state index in [-0.39, 0.29) is 16.3 Å². The number of aryl methyl sites for hydroxylation is 2. The van der Waals surface area contributed by atoms with Crippen molar-refractivity contribution < 1.29 is 17.7 Å². The van der Waals surface area contributed by atoms with E-state index in [1.165, 1.54) is 13.8 Å². The zero-order chi connectivity index (χ0) is 16.3. The van der Waals surface area contributed by atoms with Gasteiger partial charge in [0.2, 0.25) is 15.9 Å². The molecular weight excluding hydrogens is 330 g/mol. The van der Waals surface area contributed by atoms with Crippen LogP contribution in [0.4, 0.5) is 5.69 Å². The van der Waals surface area contributed by atoms with Crippen molar-refractivity contribution >= 4 is 33.2 Å². The molecule has 0 saturated heterocycles. The predicted molar refractivity (Wildman–Crippen MR) is 81.2 cm³/mol. The Morgan fingerprint density at radius 2 is 1.91 bits per heavy atom. The number of amides is 1. The van der Waals surface area contributed by atoms with Gasteiger partial charge in [-0.3, -0.25) is 4.79 Å². The molecule has 0 aliphatic heterocycles. The Labute approximate surface area is 132 Å².